The fourth-order valence-electron chi connectivity index (χ4n) is 3.85. The Hall–Kier alpha value is -3.08. The van der Waals surface area contributed by atoms with Gasteiger partial charge in [0, 0.05) is 49.2 Å². The van der Waals surface area contributed by atoms with Gasteiger partial charge in [-0.2, -0.15) is 5.10 Å². The predicted molar refractivity (Wildman–Crippen MR) is 117 cm³/mol. The highest BCUT2D eigenvalue weighted by Gasteiger charge is 2.23. The lowest BCUT2D eigenvalue weighted by molar-refractivity contribution is 0.0948. The van der Waals surface area contributed by atoms with Crippen molar-refractivity contribution in [3.8, 4) is 11.1 Å². The van der Waals surface area contributed by atoms with Gasteiger partial charge < -0.3 is 10.2 Å². The van der Waals surface area contributed by atoms with Crippen LogP contribution >= 0.6 is 0 Å². The maximum atomic E-state index is 12.7. The van der Waals surface area contributed by atoms with Gasteiger partial charge >= 0.3 is 0 Å². The summed E-state index contributed by atoms with van der Waals surface area (Å²) in [5.41, 5.74) is 5.29. The first-order valence-electron chi connectivity index (χ1n) is 10.3. The summed E-state index contributed by atoms with van der Waals surface area (Å²) < 4.78 is 1.89. The van der Waals surface area contributed by atoms with E-state index in [1.165, 1.54) is 11.3 Å². The van der Waals surface area contributed by atoms with Crippen molar-refractivity contribution in [2.75, 3.05) is 24.5 Å². The van der Waals surface area contributed by atoms with E-state index in [2.05, 4.69) is 53.4 Å². The molecule has 1 amide bonds. The Kier molecular flexibility index (Phi) is 5.65. The normalized spacial score (nSPS) is 16.2. The van der Waals surface area contributed by atoms with E-state index in [1.807, 2.05) is 41.3 Å². The number of carbonyl (C=O) groups is 1. The highest BCUT2D eigenvalue weighted by atomic mass is 16.1. The van der Waals surface area contributed by atoms with Gasteiger partial charge in [0.05, 0.1) is 6.20 Å². The monoisotopic (exact) mass is 388 g/mol. The predicted octanol–water partition coefficient (Wildman–Crippen LogP) is 4.13. The van der Waals surface area contributed by atoms with Crippen molar-refractivity contribution >= 4 is 11.6 Å². The number of nitrogens with zero attached hydrogens (tertiary/aromatic N) is 3. The smallest absolute Gasteiger partial charge is 0.251 e. The Labute approximate surface area is 172 Å². The summed E-state index contributed by atoms with van der Waals surface area (Å²) in [6.07, 6.45) is 4.96. The molecule has 1 saturated heterocycles. The second-order valence-corrected chi connectivity index (χ2v) is 7.81. The molecule has 150 valence electrons. The number of aryl methyl sites for hydroxylation is 2. The number of hydrogen-bond donors (Lipinski definition) is 1. The molecule has 3 aromatic rings. The first-order chi connectivity index (χ1) is 14.1. The molecular formula is C24H28N4O. The Morgan fingerprint density at radius 2 is 2.00 bits per heavy atom. The molecule has 1 aromatic heterocycles. The fourth-order valence-corrected chi connectivity index (χ4v) is 3.85. The summed E-state index contributed by atoms with van der Waals surface area (Å²) in [6, 6.07) is 16.4. The largest absolute Gasteiger partial charge is 0.371 e. The van der Waals surface area contributed by atoms with Crippen LogP contribution in [0.5, 0.6) is 0 Å². The molecule has 0 bridgehead atoms. The maximum absolute atomic E-state index is 12.7. The molecule has 1 aliphatic rings. The van der Waals surface area contributed by atoms with Crippen LogP contribution in [0.4, 0.5) is 5.69 Å². The lowest BCUT2D eigenvalue weighted by Gasteiger charge is -2.19. The molecule has 0 aliphatic carbocycles. The zero-order valence-electron chi connectivity index (χ0n) is 17.1. The maximum Gasteiger partial charge on any atom is 0.251 e. The molecule has 1 atom stereocenters. The second-order valence-electron chi connectivity index (χ2n) is 7.81. The minimum Gasteiger partial charge on any atom is -0.371 e. The molecule has 2 heterocycles. The van der Waals surface area contributed by atoms with Gasteiger partial charge in [-0.3, -0.25) is 9.48 Å². The van der Waals surface area contributed by atoms with Crippen molar-refractivity contribution in [1.29, 1.82) is 0 Å². The number of nitrogens with one attached hydrogen (secondary N) is 1. The molecule has 0 radical (unpaired) electrons. The van der Waals surface area contributed by atoms with E-state index in [0.29, 0.717) is 18.0 Å². The van der Waals surface area contributed by atoms with Gasteiger partial charge in [0.2, 0.25) is 0 Å². The van der Waals surface area contributed by atoms with Crippen LogP contribution in [0.3, 0.4) is 0 Å². The van der Waals surface area contributed by atoms with Crippen LogP contribution in [-0.2, 0) is 6.54 Å². The zero-order valence-corrected chi connectivity index (χ0v) is 17.1. The molecule has 5 nitrogen and oxygen atoms in total. The van der Waals surface area contributed by atoms with E-state index in [0.717, 1.165) is 37.2 Å². The van der Waals surface area contributed by atoms with Crippen LogP contribution in [0, 0.1) is 12.8 Å². The summed E-state index contributed by atoms with van der Waals surface area (Å²) in [5, 5.41) is 7.45. The van der Waals surface area contributed by atoms with Crippen molar-refractivity contribution in [2.45, 2.75) is 26.8 Å². The van der Waals surface area contributed by atoms with Crippen molar-refractivity contribution in [3.05, 3.63) is 72.1 Å². The molecule has 0 saturated carbocycles. The molecule has 1 N–H and O–H groups in total. The van der Waals surface area contributed by atoms with E-state index in [9.17, 15) is 4.79 Å². The summed E-state index contributed by atoms with van der Waals surface area (Å²) in [5.74, 6) is 0.467. The number of anilines is 1. The minimum atomic E-state index is -0.0106. The summed E-state index contributed by atoms with van der Waals surface area (Å²) in [6.45, 7) is 7.74. The first-order valence-corrected chi connectivity index (χ1v) is 10.3. The van der Waals surface area contributed by atoms with Crippen LogP contribution in [-0.4, -0.2) is 35.3 Å². The van der Waals surface area contributed by atoms with Gasteiger partial charge in [0.25, 0.3) is 5.91 Å². The number of amides is 1. The minimum absolute atomic E-state index is 0.0106. The van der Waals surface area contributed by atoms with Crippen LogP contribution in [0.25, 0.3) is 11.1 Å². The number of aromatic nitrogens is 2. The molecule has 1 aliphatic heterocycles. The molecule has 4 rings (SSSR count). The molecule has 0 spiro atoms. The van der Waals surface area contributed by atoms with Crippen LogP contribution in [0.15, 0.2) is 60.9 Å². The summed E-state index contributed by atoms with van der Waals surface area (Å²) in [7, 11) is 0. The van der Waals surface area contributed by atoms with E-state index in [-0.39, 0.29) is 5.91 Å². The second kappa shape index (κ2) is 8.52. The van der Waals surface area contributed by atoms with Gasteiger partial charge in [0.1, 0.15) is 0 Å². The standard InChI is InChI=1S/C24H28N4O/c1-3-28-17-22(15-26-28)20-5-4-6-21(13-20)24(29)25-14-19-11-12-27(16-19)23-9-7-18(2)8-10-23/h4-10,13,15,17,19H,3,11-12,14,16H2,1-2H3,(H,25,29). The van der Waals surface area contributed by atoms with Gasteiger partial charge in [-0.05, 0) is 56.0 Å². The number of benzene rings is 2. The zero-order chi connectivity index (χ0) is 20.2. The lowest BCUT2D eigenvalue weighted by atomic mass is 10.1. The van der Waals surface area contributed by atoms with Crippen LogP contribution in [0.1, 0.15) is 29.3 Å². The first kappa shape index (κ1) is 19.2. The molecule has 1 unspecified atom stereocenters. The van der Waals surface area contributed by atoms with E-state index < -0.39 is 0 Å². The van der Waals surface area contributed by atoms with E-state index in [4.69, 9.17) is 0 Å². The van der Waals surface area contributed by atoms with Crippen molar-refractivity contribution < 1.29 is 4.79 Å². The third-order valence-corrected chi connectivity index (χ3v) is 5.65. The van der Waals surface area contributed by atoms with Crippen molar-refractivity contribution in [3.63, 3.8) is 0 Å². The van der Waals surface area contributed by atoms with Gasteiger partial charge in [-0.15, -0.1) is 0 Å². The molecule has 2 aromatic carbocycles. The lowest BCUT2D eigenvalue weighted by Crippen LogP contribution is -2.31. The molecule has 5 heteroatoms. The summed E-state index contributed by atoms with van der Waals surface area (Å²) in [4.78, 5) is 15.1. The number of hydrogen-bond acceptors (Lipinski definition) is 3. The Balaban J connectivity index is 1.34. The third kappa shape index (κ3) is 4.50. The summed E-state index contributed by atoms with van der Waals surface area (Å²) >= 11 is 0. The molecule has 1 fully saturated rings. The number of rotatable bonds is 6. The number of carbonyl (C=O) groups excluding carboxylic acids is 1. The molecule has 29 heavy (non-hydrogen) atoms. The fraction of sp³-hybridized carbons (Fsp3) is 0.333. The quantitative estimate of drug-likeness (QED) is 0.691. The van der Waals surface area contributed by atoms with Crippen molar-refractivity contribution in [1.82, 2.24) is 15.1 Å². The highest BCUT2D eigenvalue weighted by Crippen LogP contribution is 2.24. The average Bonchev–Trinajstić information content (AvgIpc) is 3.42. The molecular weight excluding hydrogens is 360 g/mol. The Morgan fingerprint density at radius 1 is 1.17 bits per heavy atom. The Morgan fingerprint density at radius 3 is 2.76 bits per heavy atom. The van der Waals surface area contributed by atoms with Gasteiger partial charge in [-0.25, -0.2) is 0 Å². The highest BCUT2D eigenvalue weighted by molar-refractivity contribution is 5.95. The average molecular weight is 389 g/mol. The van der Waals surface area contributed by atoms with Crippen LogP contribution in [0.2, 0.25) is 0 Å². The van der Waals surface area contributed by atoms with Crippen LogP contribution < -0.4 is 10.2 Å². The Bertz CT molecular complexity index is 977. The van der Waals surface area contributed by atoms with Gasteiger partial charge in [-0.1, -0.05) is 29.8 Å². The third-order valence-electron chi connectivity index (χ3n) is 5.65. The SMILES string of the molecule is CCn1cc(-c2cccc(C(=O)NCC3CCN(c4ccc(C)cc4)C3)c2)cn1. The van der Waals surface area contributed by atoms with E-state index >= 15 is 0 Å². The van der Waals surface area contributed by atoms with Gasteiger partial charge in [0.15, 0.2) is 0 Å². The van der Waals surface area contributed by atoms with Crippen molar-refractivity contribution in [2.24, 2.45) is 5.92 Å². The van der Waals surface area contributed by atoms with E-state index in [1.54, 1.807) is 0 Å². The topological polar surface area (TPSA) is 50.2 Å².